The average Bonchev–Trinajstić information content (AvgIpc) is 2.12. The number of hydrogen-bond donors (Lipinski definition) is 0. The van der Waals surface area contributed by atoms with E-state index < -0.39 is 6.09 Å². The van der Waals surface area contributed by atoms with Gasteiger partial charge in [-0.1, -0.05) is 0 Å². The second-order valence-electron chi connectivity index (χ2n) is 3.59. The van der Waals surface area contributed by atoms with Gasteiger partial charge in [-0.05, 0) is 13.3 Å². The van der Waals surface area contributed by atoms with Gasteiger partial charge >= 0.3 is 6.09 Å². The highest BCUT2D eigenvalue weighted by Gasteiger charge is 2.20. The molecular weight excluding hydrogens is 182 g/mol. The van der Waals surface area contributed by atoms with E-state index in [0.29, 0.717) is 24.2 Å². The molecular formula is C10H15NO3. The second kappa shape index (κ2) is 4.26. The first-order valence-electron chi connectivity index (χ1n) is 4.64. The molecule has 1 aliphatic carbocycles. The van der Waals surface area contributed by atoms with Crippen LogP contribution in [0.3, 0.4) is 0 Å². The van der Waals surface area contributed by atoms with Crippen molar-refractivity contribution < 1.29 is 14.3 Å². The summed E-state index contributed by atoms with van der Waals surface area (Å²) in [6.45, 7) is 1.71. The maximum Gasteiger partial charge on any atom is 0.414 e. The van der Waals surface area contributed by atoms with Crippen molar-refractivity contribution in [1.82, 2.24) is 4.90 Å². The largest absolute Gasteiger partial charge is 0.414 e. The van der Waals surface area contributed by atoms with Crippen LogP contribution in [0.15, 0.2) is 11.3 Å². The Hall–Kier alpha value is -1.32. The zero-order valence-corrected chi connectivity index (χ0v) is 8.79. The molecule has 1 aliphatic rings. The molecule has 0 aromatic rings. The molecule has 0 N–H and O–H groups in total. The Bertz CT molecular complexity index is 292. The van der Waals surface area contributed by atoms with Crippen molar-refractivity contribution in [2.24, 2.45) is 0 Å². The van der Waals surface area contributed by atoms with E-state index >= 15 is 0 Å². The monoisotopic (exact) mass is 197 g/mol. The highest BCUT2D eigenvalue weighted by atomic mass is 16.6. The smallest absolute Gasteiger partial charge is 0.414 e. The van der Waals surface area contributed by atoms with Crippen molar-refractivity contribution in [2.75, 3.05) is 14.1 Å². The standard InChI is InChI=1S/C10H15NO3/c1-7-8(12)5-4-6-9(7)14-10(13)11(2)3/h4-6H2,1-3H3. The van der Waals surface area contributed by atoms with Gasteiger partial charge in [0.1, 0.15) is 5.76 Å². The van der Waals surface area contributed by atoms with E-state index in [1.807, 2.05) is 0 Å². The molecule has 0 saturated carbocycles. The van der Waals surface area contributed by atoms with Gasteiger partial charge in [0.25, 0.3) is 0 Å². The molecule has 0 aromatic carbocycles. The van der Waals surface area contributed by atoms with Crippen LogP contribution in [-0.4, -0.2) is 30.9 Å². The Kier molecular flexibility index (Phi) is 3.28. The summed E-state index contributed by atoms with van der Waals surface area (Å²) in [5, 5.41) is 0. The van der Waals surface area contributed by atoms with Crippen LogP contribution >= 0.6 is 0 Å². The Labute approximate surface area is 83.5 Å². The van der Waals surface area contributed by atoms with Gasteiger partial charge in [-0.25, -0.2) is 4.79 Å². The van der Waals surface area contributed by atoms with Crippen LogP contribution in [0.1, 0.15) is 26.2 Å². The lowest BCUT2D eigenvalue weighted by atomic mass is 9.98. The van der Waals surface area contributed by atoms with Gasteiger partial charge in [0.05, 0.1) is 0 Å². The van der Waals surface area contributed by atoms with Gasteiger partial charge in [0, 0.05) is 32.5 Å². The number of carbonyl (C=O) groups is 2. The third kappa shape index (κ3) is 2.34. The molecule has 0 bridgehead atoms. The zero-order valence-electron chi connectivity index (χ0n) is 8.79. The maximum atomic E-state index is 11.3. The molecule has 4 heteroatoms. The number of allylic oxidation sites excluding steroid dienone is 2. The average molecular weight is 197 g/mol. The van der Waals surface area contributed by atoms with Crippen LogP contribution in [0.25, 0.3) is 0 Å². The predicted molar refractivity (Wildman–Crippen MR) is 51.7 cm³/mol. The molecule has 1 amide bonds. The molecule has 0 saturated heterocycles. The lowest BCUT2D eigenvalue weighted by Crippen LogP contribution is -2.24. The number of carbonyl (C=O) groups excluding carboxylic acids is 2. The number of ether oxygens (including phenoxy) is 1. The Morgan fingerprint density at radius 3 is 2.57 bits per heavy atom. The van der Waals surface area contributed by atoms with Crippen molar-refractivity contribution in [3.8, 4) is 0 Å². The first kappa shape index (κ1) is 10.8. The third-order valence-electron chi connectivity index (χ3n) is 2.22. The summed E-state index contributed by atoms with van der Waals surface area (Å²) in [6, 6.07) is 0. The molecule has 14 heavy (non-hydrogen) atoms. The number of nitrogens with zero attached hydrogens (tertiary/aromatic N) is 1. The predicted octanol–water partition coefficient (Wildman–Crippen LogP) is 1.71. The summed E-state index contributed by atoms with van der Waals surface area (Å²) in [5.74, 6) is 0.609. The lowest BCUT2D eigenvalue weighted by Gasteiger charge is -2.18. The number of hydrogen-bond acceptors (Lipinski definition) is 3. The minimum atomic E-state index is -0.422. The van der Waals surface area contributed by atoms with E-state index in [1.54, 1.807) is 21.0 Å². The Morgan fingerprint density at radius 1 is 1.36 bits per heavy atom. The van der Waals surface area contributed by atoms with Crippen molar-refractivity contribution >= 4 is 11.9 Å². The van der Waals surface area contributed by atoms with Crippen LogP contribution in [0.4, 0.5) is 4.79 Å². The van der Waals surface area contributed by atoms with E-state index in [2.05, 4.69) is 0 Å². The molecule has 0 aromatic heterocycles. The van der Waals surface area contributed by atoms with E-state index in [9.17, 15) is 9.59 Å². The SMILES string of the molecule is CC1=C(OC(=O)N(C)C)CCCC1=O. The fraction of sp³-hybridized carbons (Fsp3) is 0.600. The van der Waals surface area contributed by atoms with Crippen LogP contribution in [-0.2, 0) is 9.53 Å². The summed E-state index contributed by atoms with van der Waals surface area (Å²) < 4.78 is 5.08. The summed E-state index contributed by atoms with van der Waals surface area (Å²) >= 11 is 0. The van der Waals surface area contributed by atoms with Gasteiger partial charge in [-0.3, -0.25) is 4.79 Å². The first-order chi connectivity index (χ1) is 6.52. The normalized spacial score (nSPS) is 16.9. The molecule has 4 nitrogen and oxygen atoms in total. The van der Waals surface area contributed by atoms with Gasteiger partial charge in [-0.15, -0.1) is 0 Å². The van der Waals surface area contributed by atoms with Gasteiger partial charge in [-0.2, -0.15) is 0 Å². The number of amides is 1. The minimum Gasteiger partial charge on any atom is -0.414 e. The third-order valence-corrected chi connectivity index (χ3v) is 2.22. The van der Waals surface area contributed by atoms with Crippen LogP contribution in [0, 0.1) is 0 Å². The summed E-state index contributed by atoms with van der Waals surface area (Å²) in [6.07, 6.45) is 1.59. The summed E-state index contributed by atoms with van der Waals surface area (Å²) in [7, 11) is 3.23. The van der Waals surface area contributed by atoms with Crippen LogP contribution in [0.5, 0.6) is 0 Å². The van der Waals surface area contributed by atoms with E-state index in [0.717, 1.165) is 6.42 Å². The Morgan fingerprint density at radius 2 is 2.00 bits per heavy atom. The fourth-order valence-corrected chi connectivity index (χ4v) is 1.26. The quantitative estimate of drug-likeness (QED) is 0.643. The number of rotatable bonds is 1. The van der Waals surface area contributed by atoms with Gasteiger partial charge < -0.3 is 9.64 Å². The van der Waals surface area contributed by atoms with Crippen LogP contribution in [0.2, 0.25) is 0 Å². The highest BCUT2D eigenvalue weighted by molar-refractivity contribution is 5.96. The fourth-order valence-electron chi connectivity index (χ4n) is 1.26. The van der Waals surface area contributed by atoms with Crippen molar-refractivity contribution in [1.29, 1.82) is 0 Å². The molecule has 1 rings (SSSR count). The number of ketones is 1. The maximum absolute atomic E-state index is 11.3. The van der Waals surface area contributed by atoms with Gasteiger partial charge in [0.15, 0.2) is 5.78 Å². The van der Waals surface area contributed by atoms with Crippen molar-refractivity contribution in [3.05, 3.63) is 11.3 Å². The van der Waals surface area contributed by atoms with E-state index in [4.69, 9.17) is 4.74 Å². The molecule has 0 fully saturated rings. The molecule has 0 unspecified atom stereocenters. The topological polar surface area (TPSA) is 46.6 Å². The van der Waals surface area contributed by atoms with Crippen molar-refractivity contribution in [2.45, 2.75) is 26.2 Å². The molecule has 78 valence electrons. The molecule has 0 atom stereocenters. The van der Waals surface area contributed by atoms with Crippen molar-refractivity contribution in [3.63, 3.8) is 0 Å². The second-order valence-corrected chi connectivity index (χ2v) is 3.59. The molecule has 0 radical (unpaired) electrons. The van der Waals surface area contributed by atoms with Crippen LogP contribution < -0.4 is 0 Å². The molecule has 0 heterocycles. The highest BCUT2D eigenvalue weighted by Crippen LogP contribution is 2.22. The zero-order chi connectivity index (χ0) is 10.7. The number of Topliss-reactive ketones (excluding diaryl/α,β-unsaturated/α-hetero) is 1. The first-order valence-corrected chi connectivity index (χ1v) is 4.64. The van der Waals surface area contributed by atoms with E-state index in [-0.39, 0.29) is 5.78 Å². The van der Waals surface area contributed by atoms with Gasteiger partial charge in [0.2, 0.25) is 0 Å². The molecule has 0 aliphatic heterocycles. The summed E-state index contributed by atoms with van der Waals surface area (Å²) in [4.78, 5) is 23.9. The summed E-state index contributed by atoms with van der Waals surface area (Å²) in [5.41, 5.74) is 0.589. The molecule has 0 spiro atoms. The Balaban J connectivity index is 2.72. The van der Waals surface area contributed by atoms with E-state index in [1.165, 1.54) is 4.90 Å². The minimum absolute atomic E-state index is 0.0813. The lowest BCUT2D eigenvalue weighted by molar-refractivity contribution is -0.116.